The molecule has 2 aromatic rings. The highest BCUT2D eigenvalue weighted by atomic mass is 16.2. The number of carbonyl (C=O) groups is 1. The predicted molar refractivity (Wildman–Crippen MR) is 107 cm³/mol. The van der Waals surface area contributed by atoms with Gasteiger partial charge in [0.2, 0.25) is 0 Å². The first-order chi connectivity index (χ1) is 13.1. The number of amides is 1. The summed E-state index contributed by atoms with van der Waals surface area (Å²) in [6.07, 6.45) is 4.95. The van der Waals surface area contributed by atoms with E-state index in [0.29, 0.717) is 6.04 Å². The second kappa shape index (κ2) is 7.85. The summed E-state index contributed by atoms with van der Waals surface area (Å²) >= 11 is 0. The third kappa shape index (κ3) is 4.08. The molecule has 27 heavy (non-hydrogen) atoms. The molecule has 3 heterocycles. The molecule has 5 heteroatoms. The molecule has 4 rings (SSSR count). The molecular weight excluding hydrogens is 336 g/mol. The Bertz CT molecular complexity index is 789. The second-order valence-corrected chi connectivity index (χ2v) is 8.10. The highest BCUT2D eigenvalue weighted by molar-refractivity contribution is 5.94. The number of likely N-dealkylation sites (tertiary alicyclic amines) is 2. The SMILES string of the molecule is Cc1cc(C)n([C@@H]2CCN(C(=O)c3ccc(CN4CCCCC4)cc3)C2)n1. The Hall–Kier alpha value is -2.14. The van der Waals surface area contributed by atoms with E-state index in [1.54, 1.807) is 0 Å². The van der Waals surface area contributed by atoms with Crippen molar-refractivity contribution in [3.63, 3.8) is 0 Å². The minimum absolute atomic E-state index is 0.142. The fourth-order valence-corrected chi connectivity index (χ4v) is 4.45. The van der Waals surface area contributed by atoms with Crippen LogP contribution in [0.25, 0.3) is 0 Å². The molecule has 2 fully saturated rings. The van der Waals surface area contributed by atoms with Crippen LogP contribution in [-0.2, 0) is 6.54 Å². The van der Waals surface area contributed by atoms with Gasteiger partial charge in [0, 0.05) is 30.9 Å². The van der Waals surface area contributed by atoms with E-state index in [4.69, 9.17) is 0 Å². The molecular formula is C22H30N4O. The molecule has 2 aliphatic heterocycles. The molecule has 5 nitrogen and oxygen atoms in total. The monoisotopic (exact) mass is 366 g/mol. The van der Waals surface area contributed by atoms with Gasteiger partial charge in [-0.3, -0.25) is 14.4 Å². The predicted octanol–water partition coefficient (Wildman–Crippen LogP) is 3.57. The highest BCUT2D eigenvalue weighted by Gasteiger charge is 2.29. The maximum Gasteiger partial charge on any atom is 0.253 e. The van der Waals surface area contributed by atoms with Gasteiger partial charge in [0.25, 0.3) is 5.91 Å². The maximum atomic E-state index is 12.9. The number of aryl methyl sites for hydroxylation is 2. The summed E-state index contributed by atoms with van der Waals surface area (Å²) < 4.78 is 2.09. The Morgan fingerprint density at radius 3 is 2.48 bits per heavy atom. The molecule has 0 saturated carbocycles. The summed E-state index contributed by atoms with van der Waals surface area (Å²) in [5, 5.41) is 4.60. The van der Waals surface area contributed by atoms with Crippen molar-refractivity contribution in [2.45, 2.75) is 52.1 Å². The van der Waals surface area contributed by atoms with Crippen molar-refractivity contribution in [3.05, 3.63) is 52.8 Å². The normalized spacial score (nSPS) is 21.0. The Morgan fingerprint density at radius 1 is 1.07 bits per heavy atom. The van der Waals surface area contributed by atoms with E-state index in [1.807, 2.05) is 24.0 Å². The second-order valence-electron chi connectivity index (χ2n) is 8.10. The van der Waals surface area contributed by atoms with Crippen LogP contribution in [0.3, 0.4) is 0 Å². The van der Waals surface area contributed by atoms with E-state index >= 15 is 0 Å². The third-order valence-corrected chi connectivity index (χ3v) is 5.90. The summed E-state index contributed by atoms with van der Waals surface area (Å²) in [6, 6.07) is 10.6. The number of nitrogens with zero attached hydrogens (tertiary/aromatic N) is 4. The maximum absolute atomic E-state index is 12.9. The van der Waals surface area contributed by atoms with Crippen molar-refractivity contribution in [2.24, 2.45) is 0 Å². The molecule has 0 unspecified atom stereocenters. The summed E-state index contributed by atoms with van der Waals surface area (Å²) in [4.78, 5) is 17.4. The zero-order chi connectivity index (χ0) is 18.8. The number of aromatic nitrogens is 2. The van der Waals surface area contributed by atoms with Crippen LogP contribution < -0.4 is 0 Å². The van der Waals surface area contributed by atoms with Gasteiger partial charge in [0.15, 0.2) is 0 Å². The fourth-order valence-electron chi connectivity index (χ4n) is 4.45. The van der Waals surface area contributed by atoms with Gasteiger partial charge in [-0.1, -0.05) is 18.6 Å². The average molecular weight is 367 g/mol. The molecule has 0 N–H and O–H groups in total. The Balaban J connectivity index is 1.37. The molecule has 0 aliphatic carbocycles. The molecule has 2 saturated heterocycles. The first kappa shape index (κ1) is 18.2. The lowest BCUT2D eigenvalue weighted by molar-refractivity contribution is 0.0787. The van der Waals surface area contributed by atoms with Gasteiger partial charge in [-0.15, -0.1) is 0 Å². The van der Waals surface area contributed by atoms with Crippen molar-refractivity contribution in [2.75, 3.05) is 26.2 Å². The van der Waals surface area contributed by atoms with Gasteiger partial charge in [-0.05, 0) is 70.0 Å². The quantitative estimate of drug-likeness (QED) is 0.831. The first-order valence-corrected chi connectivity index (χ1v) is 10.2. The van der Waals surface area contributed by atoms with E-state index in [1.165, 1.54) is 43.6 Å². The smallest absolute Gasteiger partial charge is 0.253 e. The summed E-state index contributed by atoms with van der Waals surface area (Å²) in [7, 11) is 0. The first-order valence-electron chi connectivity index (χ1n) is 10.2. The Kier molecular flexibility index (Phi) is 5.30. The summed E-state index contributed by atoms with van der Waals surface area (Å²) in [5.74, 6) is 0.142. The minimum Gasteiger partial charge on any atom is -0.336 e. The van der Waals surface area contributed by atoms with Crippen LogP contribution in [0, 0.1) is 13.8 Å². The van der Waals surface area contributed by atoms with Crippen molar-refractivity contribution in [1.82, 2.24) is 19.6 Å². The zero-order valence-electron chi connectivity index (χ0n) is 16.5. The lowest BCUT2D eigenvalue weighted by Gasteiger charge is -2.26. The lowest BCUT2D eigenvalue weighted by Crippen LogP contribution is -2.30. The molecule has 0 spiro atoms. The molecule has 1 amide bonds. The van der Waals surface area contributed by atoms with Gasteiger partial charge in [0.1, 0.15) is 0 Å². The lowest BCUT2D eigenvalue weighted by atomic mass is 10.1. The van der Waals surface area contributed by atoms with Crippen LogP contribution in [0.1, 0.15) is 59.0 Å². The van der Waals surface area contributed by atoms with Gasteiger partial charge in [-0.2, -0.15) is 5.10 Å². The Morgan fingerprint density at radius 2 is 1.81 bits per heavy atom. The van der Waals surface area contributed by atoms with Crippen LogP contribution in [0.4, 0.5) is 0 Å². The van der Waals surface area contributed by atoms with Gasteiger partial charge in [-0.25, -0.2) is 0 Å². The summed E-state index contributed by atoms with van der Waals surface area (Å²) in [6.45, 7) is 9.05. The number of hydrogen-bond acceptors (Lipinski definition) is 3. The standard InChI is InChI=1S/C22H30N4O/c1-17-14-18(2)26(23-17)21-10-13-25(16-21)22(27)20-8-6-19(7-9-20)15-24-11-4-3-5-12-24/h6-9,14,21H,3-5,10-13,15-16H2,1-2H3/t21-/m1/s1. The number of rotatable bonds is 4. The van der Waals surface area contributed by atoms with Crippen molar-refractivity contribution < 1.29 is 4.79 Å². The van der Waals surface area contributed by atoms with Crippen molar-refractivity contribution in [1.29, 1.82) is 0 Å². The minimum atomic E-state index is 0.142. The van der Waals surface area contributed by atoms with Crippen molar-refractivity contribution in [3.8, 4) is 0 Å². The van der Waals surface area contributed by atoms with E-state index < -0.39 is 0 Å². The number of piperidine rings is 1. The van der Waals surface area contributed by atoms with Crippen LogP contribution in [-0.4, -0.2) is 51.7 Å². The van der Waals surface area contributed by atoms with E-state index in [0.717, 1.165) is 37.3 Å². The van der Waals surface area contributed by atoms with E-state index in [2.05, 4.69) is 39.8 Å². The van der Waals surface area contributed by atoms with Crippen LogP contribution >= 0.6 is 0 Å². The van der Waals surface area contributed by atoms with Crippen LogP contribution in [0.5, 0.6) is 0 Å². The molecule has 0 bridgehead atoms. The molecule has 2 aliphatic rings. The number of benzene rings is 1. The number of carbonyl (C=O) groups excluding carboxylic acids is 1. The topological polar surface area (TPSA) is 41.4 Å². The van der Waals surface area contributed by atoms with Crippen LogP contribution in [0.2, 0.25) is 0 Å². The molecule has 0 radical (unpaired) electrons. The van der Waals surface area contributed by atoms with Crippen molar-refractivity contribution >= 4 is 5.91 Å². The molecule has 1 atom stereocenters. The van der Waals surface area contributed by atoms with Gasteiger partial charge < -0.3 is 4.90 Å². The Labute approximate surface area is 162 Å². The highest BCUT2D eigenvalue weighted by Crippen LogP contribution is 2.24. The molecule has 1 aromatic carbocycles. The average Bonchev–Trinajstić information content (AvgIpc) is 3.29. The fraction of sp³-hybridized carbons (Fsp3) is 0.545. The third-order valence-electron chi connectivity index (χ3n) is 5.90. The molecule has 1 aromatic heterocycles. The zero-order valence-corrected chi connectivity index (χ0v) is 16.5. The molecule has 144 valence electrons. The van der Waals surface area contributed by atoms with Gasteiger partial charge >= 0.3 is 0 Å². The largest absolute Gasteiger partial charge is 0.336 e. The van der Waals surface area contributed by atoms with Crippen LogP contribution in [0.15, 0.2) is 30.3 Å². The van der Waals surface area contributed by atoms with E-state index in [-0.39, 0.29) is 5.91 Å². The van der Waals surface area contributed by atoms with E-state index in [9.17, 15) is 4.79 Å². The number of hydrogen-bond donors (Lipinski definition) is 0. The summed E-state index contributed by atoms with van der Waals surface area (Å²) in [5.41, 5.74) is 4.32. The van der Waals surface area contributed by atoms with Gasteiger partial charge in [0.05, 0.1) is 11.7 Å².